The maximum absolute atomic E-state index is 12.2. The quantitative estimate of drug-likeness (QED) is 0.662. The van der Waals surface area contributed by atoms with Gasteiger partial charge < -0.3 is 10.2 Å². The number of alkyl halides is 3. The minimum absolute atomic E-state index is 0.0742. The molecule has 13 heavy (non-hydrogen) atoms. The fraction of sp³-hybridized carbons (Fsp3) is 0.250. The van der Waals surface area contributed by atoms with E-state index >= 15 is 0 Å². The summed E-state index contributed by atoms with van der Waals surface area (Å²) in [4.78, 5) is 0. The summed E-state index contributed by atoms with van der Waals surface area (Å²) in [5.74, 6) is -1.89. The summed E-state index contributed by atoms with van der Waals surface area (Å²) >= 11 is 0. The Hall–Kier alpha value is -1.39. The third kappa shape index (κ3) is 1.68. The van der Waals surface area contributed by atoms with Crippen molar-refractivity contribution in [3.05, 3.63) is 23.3 Å². The second kappa shape index (κ2) is 2.83. The van der Waals surface area contributed by atoms with Crippen molar-refractivity contribution in [1.29, 1.82) is 0 Å². The van der Waals surface area contributed by atoms with Crippen LogP contribution in [0.5, 0.6) is 11.5 Å². The van der Waals surface area contributed by atoms with Gasteiger partial charge in [-0.15, -0.1) is 0 Å². The minimum atomic E-state index is -4.74. The monoisotopic (exact) mass is 192 g/mol. The SMILES string of the molecule is Cc1ccc(O)c(C(F)(F)F)c1O. The van der Waals surface area contributed by atoms with Crippen molar-refractivity contribution in [2.24, 2.45) is 0 Å². The van der Waals surface area contributed by atoms with Gasteiger partial charge in [0.2, 0.25) is 0 Å². The zero-order chi connectivity index (χ0) is 10.2. The van der Waals surface area contributed by atoms with Crippen LogP contribution >= 0.6 is 0 Å². The number of aromatic hydroxyl groups is 2. The number of hydrogen-bond acceptors (Lipinski definition) is 2. The second-order valence-electron chi connectivity index (χ2n) is 2.62. The van der Waals surface area contributed by atoms with Crippen molar-refractivity contribution in [2.45, 2.75) is 13.1 Å². The third-order valence-electron chi connectivity index (χ3n) is 1.64. The fourth-order valence-electron chi connectivity index (χ4n) is 0.964. The van der Waals surface area contributed by atoms with Gasteiger partial charge in [-0.2, -0.15) is 13.2 Å². The fourth-order valence-corrected chi connectivity index (χ4v) is 0.964. The highest BCUT2D eigenvalue weighted by Gasteiger charge is 2.37. The van der Waals surface area contributed by atoms with E-state index in [0.717, 1.165) is 6.07 Å². The zero-order valence-electron chi connectivity index (χ0n) is 6.68. The van der Waals surface area contributed by atoms with Crippen LogP contribution < -0.4 is 0 Å². The molecule has 0 amide bonds. The Morgan fingerprint density at radius 3 is 2.08 bits per heavy atom. The molecule has 2 nitrogen and oxygen atoms in total. The molecule has 0 aliphatic rings. The van der Waals surface area contributed by atoms with E-state index in [1.165, 1.54) is 13.0 Å². The van der Waals surface area contributed by atoms with E-state index in [-0.39, 0.29) is 5.56 Å². The Balaban J connectivity index is 3.43. The highest BCUT2D eigenvalue weighted by atomic mass is 19.4. The van der Waals surface area contributed by atoms with Gasteiger partial charge in [0.25, 0.3) is 0 Å². The van der Waals surface area contributed by atoms with Crippen molar-refractivity contribution in [3.8, 4) is 11.5 Å². The number of benzene rings is 1. The van der Waals surface area contributed by atoms with E-state index in [1.807, 2.05) is 0 Å². The molecule has 1 aromatic carbocycles. The summed E-state index contributed by atoms with van der Waals surface area (Å²) in [5, 5.41) is 17.9. The molecule has 0 spiro atoms. The Bertz CT molecular complexity index is 331. The first kappa shape index (κ1) is 9.70. The van der Waals surface area contributed by atoms with Crippen LogP contribution in [0.4, 0.5) is 13.2 Å². The molecule has 1 aromatic rings. The maximum Gasteiger partial charge on any atom is 0.423 e. The summed E-state index contributed by atoms with van der Waals surface area (Å²) in [6.45, 7) is 1.32. The topological polar surface area (TPSA) is 40.5 Å². The molecule has 0 bridgehead atoms. The molecule has 0 aromatic heterocycles. The van der Waals surface area contributed by atoms with Gasteiger partial charge in [-0.25, -0.2) is 0 Å². The van der Waals surface area contributed by atoms with Crippen LogP contribution in [-0.4, -0.2) is 10.2 Å². The predicted molar refractivity (Wildman–Crippen MR) is 39.5 cm³/mol. The first-order valence-corrected chi connectivity index (χ1v) is 3.42. The molecule has 0 unspecified atom stereocenters. The lowest BCUT2D eigenvalue weighted by Crippen LogP contribution is -2.06. The lowest BCUT2D eigenvalue weighted by Gasteiger charge is -2.11. The Morgan fingerprint density at radius 1 is 1.15 bits per heavy atom. The molecule has 1 rings (SSSR count). The highest BCUT2D eigenvalue weighted by molar-refractivity contribution is 5.49. The average Bonchev–Trinajstić information content (AvgIpc) is 1.95. The van der Waals surface area contributed by atoms with Crippen LogP contribution in [0, 0.1) is 6.92 Å². The van der Waals surface area contributed by atoms with Gasteiger partial charge in [0.1, 0.15) is 17.1 Å². The molecule has 0 atom stereocenters. The van der Waals surface area contributed by atoms with Crippen molar-refractivity contribution < 1.29 is 23.4 Å². The summed E-state index contributed by atoms with van der Waals surface area (Å²) < 4.78 is 36.5. The van der Waals surface area contributed by atoms with Crippen LogP contribution in [0.3, 0.4) is 0 Å². The van der Waals surface area contributed by atoms with Gasteiger partial charge >= 0.3 is 6.18 Å². The average molecular weight is 192 g/mol. The molecule has 0 aliphatic heterocycles. The molecule has 2 N–H and O–H groups in total. The van der Waals surface area contributed by atoms with Crippen LogP contribution in [0.25, 0.3) is 0 Å². The van der Waals surface area contributed by atoms with Gasteiger partial charge in [-0.3, -0.25) is 0 Å². The molecule has 0 heterocycles. The number of hydrogen-bond donors (Lipinski definition) is 2. The molecule has 0 fully saturated rings. The van der Waals surface area contributed by atoms with Crippen LogP contribution in [-0.2, 0) is 6.18 Å². The Morgan fingerprint density at radius 2 is 1.69 bits per heavy atom. The van der Waals surface area contributed by atoms with Gasteiger partial charge in [-0.05, 0) is 18.6 Å². The molecule has 0 saturated carbocycles. The number of phenols is 2. The molecule has 0 aliphatic carbocycles. The van der Waals surface area contributed by atoms with Crippen molar-refractivity contribution in [3.63, 3.8) is 0 Å². The summed E-state index contributed by atoms with van der Waals surface area (Å²) in [6.07, 6.45) is -4.74. The van der Waals surface area contributed by atoms with Gasteiger partial charge in [0.15, 0.2) is 0 Å². The number of rotatable bonds is 0. The largest absolute Gasteiger partial charge is 0.507 e. The van der Waals surface area contributed by atoms with Crippen molar-refractivity contribution >= 4 is 0 Å². The van der Waals surface area contributed by atoms with E-state index in [2.05, 4.69) is 0 Å². The summed E-state index contributed by atoms with van der Waals surface area (Å²) in [7, 11) is 0. The lowest BCUT2D eigenvalue weighted by atomic mass is 10.1. The Kier molecular flexibility index (Phi) is 2.11. The van der Waals surface area contributed by atoms with E-state index in [0.29, 0.717) is 0 Å². The van der Waals surface area contributed by atoms with Crippen molar-refractivity contribution in [1.82, 2.24) is 0 Å². The first-order valence-electron chi connectivity index (χ1n) is 3.42. The normalized spacial score (nSPS) is 11.7. The van der Waals surface area contributed by atoms with E-state index in [4.69, 9.17) is 10.2 Å². The maximum atomic E-state index is 12.2. The molecule has 72 valence electrons. The number of phenolic OH excluding ortho intramolecular Hbond substituents is 2. The predicted octanol–water partition coefficient (Wildman–Crippen LogP) is 2.43. The van der Waals surface area contributed by atoms with Gasteiger partial charge in [0, 0.05) is 0 Å². The van der Waals surface area contributed by atoms with Crippen LogP contribution in [0.15, 0.2) is 12.1 Å². The molecular weight excluding hydrogens is 185 g/mol. The highest BCUT2D eigenvalue weighted by Crippen LogP contribution is 2.42. The van der Waals surface area contributed by atoms with Crippen LogP contribution in [0.1, 0.15) is 11.1 Å². The number of aryl methyl sites for hydroxylation is 1. The van der Waals surface area contributed by atoms with Crippen LogP contribution in [0.2, 0.25) is 0 Å². The minimum Gasteiger partial charge on any atom is -0.507 e. The third-order valence-corrected chi connectivity index (χ3v) is 1.64. The van der Waals surface area contributed by atoms with E-state index in [9.17, 15) is 13.2 Å². The summed E-state index contributed by atoms with van der Waals surface area (Å²) in [6, 6.07) is 2.11. The van der Waals surface area contributed by atoms with E-state index < -0.39 is 23.2 Å². The van der Waals surface area contributed by atoms with Crippen molar-refractivity contribution in [2.75, 3.05) is 0 Å². The zero-order valence-corrected chi connectivity index (χ0v) is 6.68. The second-order valence-corrected chi connectivity index (χ2v) is 2.62. The molecule has 0 radical (unpaired) electrons. The standard InChI is InChI=1S/C8H7F3O2/c1-4-2-3-5(12)6(7(4)13)8(9,10)11/h2-3,12-13H,1H3. The lowest BCUT2D eigenvalue weighted by molar-refractivity contribution is -0.140. The Labute approximate surface area is 72.2 Å². The number of halogens is 3. The molecule has 0 saturated heterocycles. The van der Waals surface area contributed by atoms with Gasteiger partial charge in [0.05, 0.1) is 0 Å². The smallest absolute Gasteiger partial charge is 0.423 e. The molecular formula is C8H7F3O2. The van der Waals surface area contributed by atoms with E-state index in [1.54, 1.807) is 0 Å². The summed E-state index contributed by atoms with van der Waals surface area (Å²) in [5.41, 5.74) is -1.31. The molecule has 5 heteroatoms. The van der Waals surface area contributed by atoms with Gasteiger partial charge in [-0.1, -0.05) is 6.07 Å². The first-order chi connectivity index (χ1) is 5.84.